The first-order chi connectivity index (χ1) is 8.12. The quantitative estimate of drug-likeness (QED) is 0.820. The van der Waals surface area contributed by atoms with Gasteiger partial charge in [0, 0.05) is 24.6 Å². The van der Waals surface area contributed by atoms with E-state index in [1.807, 2.05) is 13.8 Å². The molecule has 17 heavy (non-hydrogen) atoms. The summed E-state index contributed by atoms with van der Waals surface area (Å²) in [5.41, 5.74) is 0. The summed E-state index contributed by atoms with van der Waals surface area (Å²) in [7, 11) is 1.25. The van der Waals surface area contributed by atoms with Crippen LogP contribution in [0.15, 0.2) is 0 Å². The molecule has 0 aliphatic rings. The molecule has 0 saturated carbocycles. The van der Waals surface area contributed by atoms with E-state index in [4.69, 9.17) is 0 Å². The van der Waals surface area contributed by atoms with Crippen molar-refractivity contribution in [1.29, 1.82) is 0 Å². The highest BCUT2D eigenvalue weighted by atomic mass is 32.1. The summed E-state index contributed by atoms with van der Waals surface area (Å²) in [6, 6.07) is -0.262. The number of anilines is 1. The number of urea groups is 1. The second-order valence-corrected chi connectivity index (χ2v) is 3.77. The van der Waals surface area contributed by atoms with Gasteiger partial charge in [0.15, 0.2) is 0 Å². The molecule has 0 unspecified atom stereocenters. The first kappa shape index (κ1) is 13.4. The topological polar surface area (TPSA) is 84.4 Å². The van der Waals surface area contributed by atoms with Gasteiger partial charge in [-0.1, -0.05) is 0 Å². The summed E-state index contributed by atoms with van der Waals surface area (Å²) < 4.78 is 8.24. The average molecular weight is 258 g/mol. The third-order valence-corrected chi connectivity index (χ3v) is 2.69. The van der Waals surface area contributed by atoms with E-state index < -0.39 is 5.97 Å². The smallest absolute Gasteiger partial charge is 0.377 e. The summed E-state index contributed by atoms with van der Waals surface area (Å²) in [6.45, 7) is 4.96. The Labute approximate surface area is 103 Å². The highest BCUT2D eigenvalue weighted by Crippen LogP contribution is 2.12. The number of hydrogen-bond donors (Lipinski definition) is 1. The fraction of sp³-hybridized carbons (Fsp3) is 0.556. The molecule has 1 heterocycles. The van der Waals surface area contributed by atoms with Crippen LogP contribution in [0, 0.1) is 0 Å². The van der Waals surface area contributed by atoms with E-state index in [0.717, 1.165) is 11.5 Å². The Morgan fingerprint density at radius 2 is 2.06 bits per heavy atom. The molecule has 0 aromatic carbocycles. The SMILES string of the molecule is CCN(CC)C(=O)Nc1nc(C(=O)OC)ns1. The molecule has 1 aromatic rings. The molecule has 0 fully saturated rings. The van der Waals surface area contributed by atoms with Gasteiger partial charge in [-0.05, 0) is 13.8 Å². The molecular formula is C9H14N4O3S. The molecule has 0 radical (unpaired) electrons. The van der Waals surface area contributed by atoms with Crippen molar-refractivity contribution in [3.05, 3.63) is 5.82 Å². The van der Waals surface area contributed by atoms with Crippen LogP contribution in [0.3, 0.4) is 0 Å². The number of ether oxygens (including phenoxy) is 1. The van der Waals surface area contributed by atoms with Crippen LogP contribution >= 0.6 is 11.5 Å². The lowest BCUT2D eigenvalue weighted by molar-refractivity contribution is 0.0588. The van der Waals surface area contributed by atoms with Crippen LogP contribution in [0.1, 0.15) is 24.5 Å². The number of hydrogen-bond acceptors (Lipinski definition) is 6. The van der Waals surface area contributed by atoms with Gasteiger partial charge in [0.25, 0.3) is 5.82 Å². The maximum Gasteiger partial charge on any atom is 0.377 e. The van der Waals surface area contributed by atoms with Crippen molar-refractivity contribution in [2.75, 3.05) is 25.5 Å². The molecule has 0 saturated heterocycles. The van der Waals surface area contributed by atoms with Crippen LogP contribution in [0.2, 0.25) is 0 Å². The van der Waals surface area contributed by atoms with Crippen LogP contribution in [-0.2, 0) is 4.74 Å². The normalized spacial score (nSPS) is 9.82. The lowest BCUT2D eigenvalue weighted by Crippen LogP contribution is -2.34. The zero-order chi connectivity index (χ0) is 12.8. The Hall–Kier alpha value is -1.70. The maximum atomic E-state index is 11.7. The number of carbonyl (C=O) groups excluding carboxylic acids is 2. The Morgan fingerprint density at radius 3 is 2.59 bits per heavy atom. The zero-order valence-electron chi connectivity index (χ0n) is 9.89. The van der Waals surface area contributed by atoms with Crippen LogP contribution in [0.5, 0.6) is 0 Å². The van der Waals surface area contributed by atoms with Gasteiger partial charge in [-0.25, -0.2) is 9.59 Å². The third-order valence-electron chi connectivity index (χ3n) is 2.06. The van der Waals surface area contributed by atoms with Gasteiger partial charge < -0.3 is 9.64 Å². The molecule has 1 rings (SSSR count). The number of esters is 1. The number of rotatable bonds is 4. The van der Waals surface area contributed by atoms with Crippen LogP contribution in [-0.4, -0.2) is 46.5 Å². The predicted octanol–water partition coefficient (Wildman–Crippen LogP) is 1.20. The average Bonchev–Trinajstić information content (AvgIpc) is 2.78. The number of amides is 2. The largest absolute Gasteiger partial charge is 0.463 e. The van der Waals surface area contributed by atoms with Gasteiger partial charge in [0.1, 0.15) is 0 Å². The minimum absolute atomic E-state index is 0.0488. The highest BCUT2D eigenvalue weighted by Gasteiger charge is 2.16. The molecule has 2 amide bonds. The molecule has 8 heteroatoms. The molecule has 7 nitrogen and oxygen atoms in total. The monoisotopic (exact) mass is 258 g/mol. The van der Waals surface area contributed by atoms with E-state index in [0.29, 0.717) is 13.1 Å². The van der Waals surface area contributed by atoms with Crippen molar-refractivity contribution in [2.24, 2.45) is 0 Å². The summed E-state index contributed by atoms with van der Waals surface area (Å²) in [5.74, 6) is -0.670. The zero-order valence-corrected chi connectivity index (χ0v) is 10.7. The van der Waals surface area contributed by atoms with Crippen molar-refractivity contribution in [2.45, 2.75) is 13.8 Å². The van der Waals surface area contributed by atoms with E-state index in [-0.39, 0.29) is 17.0 Å². The van der Waals surface area contributed by atoms with Gasteiger partial charge in [-0.15, -0.1) is 0 Å². The van der Waals surface area contributed by atoms with Crippen molar-refractivity contribution < 1.29 is 14.3 Å². The Kier molecular flexibility index (Phi) is 4.83. The molecule has 1 N–H and O–H groups in total. The van der Waals surface area contributed by atoms with Gasteiger partial charge in [-0.3, -0.25) is 5.32 Å². The number of nitrogens with zero attached hydrogens (tertiary/aromatic N) is 3. The predicted molar refractivity (Wildman–Crippen MR) is 63.2 cm³/mol. The Bertz CT molecular complexity index is 403. The minimum atomic E-state index is -0.621. The van der Waals surface area contributed by atoms with E-state index in [1.54, 1.807) is 4.90 Å². The number of methoxy groups -OCH3 is 1. The molecule has 1 aromatic heterocycles. The van der Waals surface area contributed by atoms with Crippen molar-refractivity contribution >= 4 is 28.7 Å². The molecule has 94 valence electrons. The van der Waals surface area contributed by atoms with Gasteiger partial charge >= 0.3 is 12.0 Å². The Balaban J connectivity index is 2.66. The van der Waals surface area contributed by atoms with Crippen LogP contribution in [0.4, 0.5) is 9.93 Å². The maximum absolute atomic E-state index is 11.7. The number of nitrogens with one attached hydrogen (secondary N) is 1. The minimum Gasteiger partial charge on any atom is -0.463 e. The first-order valence-corrected chi connectivity index (χ1v) is 5.87. The van der Waals surface area contributed by atoms with Crippen LogP contribution < -0.4 is 5.32 Å². The molecule has 0 spiro atoms. The number of aromatic nitrogens is 2. The molecular weight excluding hydrogens is 244 g/mol. The molecule has 0 atom stereocenters. The van der Waals surface area contributed by atoms with E-state index in [1.165, 1.54) is 7.11 Å². The van der Waals surface area contributed by atoms with Crippen molar-refractivity contribution in [3.8, 4) is 0 Å². The fourth-order valence-electron chi connectivity index (χ4n) is 1.13. The fourth-order valence-corrected chi connectivity index (χ4v) is 1.68. The standard InChI is InChI=1S/C9H14N4O3S/c1-4-13(5-2)9(15)11-8-10-6(12-17-8)7(14)16-3/h4-5H2,1-3H3,(H,10,11,12,15). The Morgan fingerprint density at radius 1 is 1.41 bits per heavy atom. The second kappa shape index (κ2) is 6.14. The highest BCUT2D eigenvalue weighted by molar-refractivity contribution is 7.10. The number of carbonyl (C=O) groups is 2. The lowest BCUT2D eigenvalue weighted by atomic mass is 10.5. The van der Waals surface area contributed by atoms with Gasteiger partial charge in [0.2, 0.25) is 5.13 Å². The molecule has 0 aliphatic heterocycles. The van der Waals surface area contributed by atoms with E-state index in [2.05, 4.69) is 19.4 Å². The van der Waals surface area contributed by atoms with Crippen LogP contribution in [0.25, 0.3) is 0 Å². The lowest BCUT2D eigenvalue weighted by Gasteiger charge is -2.17. The summed E-state index contributed by atoms with van der Waals surface area (Å²) >= 11 is 0.939. The summed E-state index contributed by atoms with van der Waals surface area (Å²) in [5, 5.41) is 2.85. The molecule has 0 bridgehead atoms. The van der Waals surface area contributed by atoms with Crippen molar-refractivity contribution in [3.63, 3.8) is 0 Å². The summed E-state index contributed by atoms with van der Waals surface area (Å²) in [6.07, 6.45) is 0. The molecule has 0 aliphatic carbocycles. The van der Waals surface area contributed by atoms with Crippen molar-refractivity contribution in [1.82, 2.24) is 14.3 Å². The second-order valence-electron chi connectivity index (χ2n) is 3.02. The van der Waals surface area contributed by atoms with Gasteiger partial charge in [-0.2, -0.15) is 9.36 Å². The first-order valence-electron chi connectivity index (χ1n) is 5.10. The van der Waals surface area contributed by atoms with E-state index in [9.17, 15) is 9.59 Å². The summed E-state index contributed by atoms with van der Waals surface area (Å²) in [4.78, 5) is 28.2. The van der Waals surface area contributed by atoms with Gasteiger partial charge in [0.05, 0.1) is 7.11 Å². The third kappa shape index (κ3) is 3.38. The van der Waals surface area contributed by atoms with E-state index >= 15 is 0 Å².